The molecule has 0 unspecified atom stereocenters. The first-order chi connectivity index (χ1) is 12.3. The fourth-order valence-electron chi connectivity index (χ4n) is 3.18. The Bertz CT molecular complexity index is 740. The van der Waals surface area contributed by atoms with Crippen molar-refractivity contribution in [1.82, 2.24) is 5.32 Å². The van der Waals surface area contributed by atoms with Crippen LogP contribution < -0.4 is 19.1 Å². The van der Waals surface area contributed by atoms with Gasteiger partial charge in [-0.05, 0) is 18.9 Å². The molecule has 1 aliphatic carbocycles. The van der Waals surface area contributed by atoms with Crippen molar-refractivity contribution in [2.45, 2.75) is 44.6 Å². The molecule has 1 aromatic carbocycles. The molecule has 1 aromatic rings. The van der Waals surface area contributed by atoms with E-state index in [0.717, 1.165) is 36.2 Å². The zero-order valence-corrected chi connectivity index (χ0v) is 16.7. The Morgan fingerprint density at radius 3 is 2.12 bits per heavy atom. The molecule has 1 saturated carbocycles. The molecule has 0 aromatic heterocycles. The lowest BCUT2D eigenvalue weighted by molar-refractivity contribution is 0.0933. The lowest BCUT2D eigenvalue weighted by Crippen LogP contribution is -2.36. The predicted molar refractivity (Wildman–Crippen MR) is 102 cm³/mol. The number of carbonyl (C=O) groups excluding carboxylic acids is 1. The van der Waals surface area contributed by atoms with E-state index in [1.54, 1.807) is 0 Å². The number of amides is 1. The van der Waals surface area contributed by atoms with Gasteiger partial charge < -0.3 is 14.8 Å². The van der Waals surface area contributed by atoms with Crippen LogP contribution in [0.4, 0.5) is 5.69 Å². The maximum Gasteiger partial charge on any atom is 0.253 e. The van der Waals surface area contributed by atoms with Gasteiger partial charge in [0.25, 0.3) is 5.91 Å². The van der Waals surface area contributed by atoms with Crippen molar-refractivity contribution in [2.24, 2.45) is 0 Å². The van der Waals surface area contributed by atoms with Crippen molar-refractivity contribution in [3.63, 3.8) is 0 Å². The lowest BCUT2D eigenvalue weighted by Gasteiger charge is -2.23. The standard InChI is InChI=1S/C18H28N2O5S/c1-20(26(4,22)23)15-12-17(25-3)16(24-2)11-14(15)18(21)19-13-9-7-5-6-8-10-13/h11-13H,5-10H2,1-4H3,(H,19,21). The van der Waals surface area contributed by atoms with Gasteiger partial charge in [-0.25, -0.2) is 8.42 Å². The number of ether oxygens (including phenoxy) is 2. The molecule has 7 nitrogen and oxygen atoms in total. The monoisotopic (exact) mass is 384 g/mol. The third-order valence-corrected chi connectivity index (χ3v) is 5.97. The van der Waals surface area contributed by atoms with Crippen molar-refractivity contribution in [3.8, 4) is 11.5 Å². The third kappa shape index (κ3) is 4.81. The van der Waals surface area contributed by atoms with E-state index in [-0.39, 0.29) is 23.2 Å². The summed E-state index contributed by atoms with van der Waals surface area (Å²) in [4.78, 5) is 12.9. The molecular formula is C18H28N2O5S. The van der Waals surface area contributed by atoms with Crippen LogP contribution in [0, 0.1) is 0 Å². The minimum absolute atomic E-state index is 0.106. The quantitative estimate of drug-likeness (QED) is 0.762. The second kappa shape index (κ2) is 8.62. The highest BCUT2D eigenvalue weighted by molar-refractivity contribution is 7.92. The van der Waals surface area contributed by atoms with Crippen molar-refractivity contribution in [2.75, 3.05) is 31.8 Å². The smallest absolute Gasteiger partial charge is 0.253 e. The van der Waals surface area contributed by atoms with Gasteiger partial charge in [-0.15, -0.1) is 0 Å². The molecule has 146 valence electrons. The molecule has 26 heavy (non-hydrogen) atoms. The van der Waals surface area contributed by atoms with Gasteiger partial charge in [-0.1, -0.05) is 25.7 Å². The van der Waals surface area contributed by atoms with E-state index in [2.05, 4.69) is 5.32 Å². The van der Waals surface area contributed by atoms with Crippen LogP contribution >= 0.6 is 0 Å². The van der Waals surface area contributed by atoms with Crippen LogP contribution in [0.1, 0.15) is 48.9 Å². The topological polar surface area (TPSA) is 84.9 Å². The molecule has 2 rings (SSSR count). The molecule has 1 fully saturated rings. The molecule has 1 N–H and O–H groups in total. The van der Waals surface area contributed by atoms with Crippen molar-refractivity contribution >= 4 is 21.6 Å². The normalized spacial score (nSPS) is 15.8. The molecule has 0 aliphatic heterocycles. The largest absolute Gasteiger partial charge is 0.493 e. The zero-order chi connectivity index (χ0) is 19.3. The number of hydrogen-bond donors (Lipinski definition) is 1. The molecule has 8 heteroatoms. The van der Waals surface area contributed by atoms with E-state index in [9.17, 15) is 13.2 Å². The summed E-state index contributed by atoms with van der Waals surface area (Å²) in [5.74, 6) is 0.441. The zero-order valence-electron chi connectivity index (χ0n) is 15.9. The van der Waals surface area contributed by atoms with E-state index in [4.69, 9.17) is 9.47 Å². The minimum Gasteiger partial charge on any atom is -0.493 e. The van der Waals surface area contributed by atoms with Crippen LogP contribution in [-0.4, -0.2) is 47.9 Å². The van der Waals surface area contributed by atoms with Crippen LogP contribution in [0.25, 0.3) is 0 Å². The first kappa shape index (κ1) is 20.4. The Morgan fingerprint density at radius 2 is 1.62 bits per heavy atom. The summed E-state index contributed by atoms with van der Waals surface area (Å²) in [6.45, 7) is 0. The van der Waals surface area contributed by atoms with Gasteiger partial charge >= 0.3 is 0 Å². The summed E-state index contributed by atoms with van der Waals surface area (Å²) in [5, 5.41) is 3.05. The van der Waals surface area contributed by atoms with Crippen LogP contribution in [0.3, 0.4) is 0 Å². The highest BCUT2D eigenvalue weighted by Gasteiger charge is 2.25. The highest BCUT2D eigenvalue weighted by atomic mass is 32.2. The Labute approximate surface area is 155 Å². The predicted octanol–water partition coefficient (Wildman–Crippen LogP) is 2.55. The fraction of sp³-hybridized carbons (Fsp3) is 0.611. The Hall–Kier alpha value is -1.96. The Morgan fingerprint density at radius 1 is 1.08 bits per heavy atom. The van der Waals surface area contributed by atoms with E-state index in [0.29, 0.717) is 11.5 Å². The number of carbonyl (C=O) groups is 1. The summed E-state index contributed by atoms with van der Waals surface area (Å²) in [7, 11) is 0.820. The summed E-state index contributed by atoms with van der Waals surface area (Å²) < 4.78 is 35.7. The molecule has 0 spiro atoms. The number of anilines is 1. The number of rotatable bonds is 6. The van der Waals surface area contributed by atoms with E-state index in [1.165, 1.54) is 46.2 Å². The maximum atomic E-state index is 12.9. The van der Waals surface area contributed by atoms with E-state index in [1.807, 2.05) is 0 Å². The summed E-state index contributed by atoms with van der Waals surface area (Å²) in [6, 6.07) is 3.15. The third-order valence-electron chi connectivity index (χ3n) is 4.77. The van der Waals surface area contributed by atoms with Crippen molar-refractivity contribution < 1.29 is 22.7 Å². The summed E-state index contributed by atoms with van der Waals surface area (Å²) in [5.41, 5.74) is 0.510. The van der Waals surface area contributed by atoms with Gasteiger partial charge in [0.15, 0.2) is 11.5 Å². The molecule has 0 bridgehead atoms. The number of benzene rings is 1. The molecule has 0 radical (unpaired) electrons. The first-order valence-electron chi connectivity index (χ1n) is 8.78. The molecule has 0 atom stereocenters. The van der Waals surface area contributed by atoms with Crippen molar-refractivity contribution in [3.05, 3.63) is 17.7 Å². The summed E-state index contributed by atoms with van der Waals surface area (Å²) >= 11 is 0. The van der Waals surface area contributed by atoms with Gasteiger partial charge in [-0.3, -0.25) is 9.10 Å². The van der Waals surface area contributed by atoms with Gasteiger partial charge in [0.05, 0.1) is 31.7 Å². The molecule has 1 aliphatic rings. The van der Waals surface area contributed by atoms with Gasteiger partial charge in [0, 0.05) is 19.2 Å². The number of sulfonamides is 1. The number of nitrogens with zero attached hydrogens (tertiary/aromatic N) is 1. The van der Waals surface area contributed by atoms with Crippen LogP contribution in [0.5, 0.6) is 11.5 Å². The first-order valence-corrected chi connectivity index (χ1v) is 10.6. The maximum absolute atomic E-state index is 12.9. The SMILES string of the molecule is COc1cc(C(=O)NC2CCCCCC2)c(N(C)S(C)(=O)=O)cc1OC. The average molecular weight is 384 g/mol. The van der Waals surface area contributed by atoms with Gasteiger partial charge in [0.1, 0.15) is 0 Å². The highest BCUT2D eigenvalue weighted by Crippen LogP contribution is 2.35. The van der Waals surface area contributed by atoms with Gasteiger partial charge in [-0.2, -0.15) is 0 Å². The minimum atomic E-state index is -3.54. The molecule has 0 saturated heterocycles. The van der Waals surface area contributed by atoms with Crippen molar-refractivity contribution in [1.29, 1.82) is 0 Å². The van der Waals surface area contributed by atoms with Crippen LogP contribution in [-0.2, 0) is 10.0 Å². The fourth-order valence-corrected chi connectivity index (χ4v) is 3.68. The van der Waals surface area contributed by atoms with E-state index < -0.39 is 10.0 Å². The number of nitrogens with one attached hydrogen (secondary N) is 1. The second-order valence-electron chi connectivity index (χ2n) is 6.62. The van der Waals surface area contributed by atoms with Crippen LogP contribution in [0.15, 0.2) is 12.1 Å². The van der Waals surface area contributed by atoms with Crippen LogP contribution in [0.2, 0.25) is 0 Å². The van der Waals surface area contributed by atoms with E-state index >= 15 is 0 Å². The molecule has 1 amide bonds. The number of methoxy groups -OCH3 is 2. The lowest BCUT2D eigenvalue weighted by atomic mass is 10.1. The number of hydrogen-bond acceptors (Lipinski definition) is 5. The Balaban J connectivity index is 2.41. The molecular weight excluding hydrogens is 356 g/mol. The Kier molecular flexibility index (Phi) is 6.75. The second-order valence-corrected chi connectivity index (χ2v) is 8.63. The summed E-state index contributed by atoms with van der Waals surface area (Å²) in [6.07, 6.45) is 7.53. The van der Waals surface area contributed by atoms with Gasteiger partial charge in [0.2, 0.25) is 10.0 Å². The molecule has 0 heterocycles. The average Bonchev–Trinajstić information content (AvgIpc) is 2.87.